The lowest BCUT2D eigenvalue weighted by molar-refractivity contribution is -0.189. The number of fused-ring (bicyclic) bond motifs is 1. The number of hydrogen-bond acceptors (Lipinski definition) is 7. The van der Waals surface area contributed by atoms with Crippen LogP contribution in [0.1, 0.15) is 22.4 Å². The Labute approximate surface area is 278 Å². The molecule has 3 aromatic carbocycles. The smallest absolute Gasteiger partial charge is 0.334 e. The summed E-state index contributed by atoms with van der Waals surface area (Å²) in [5, 5.41) is 25.4. The van der Waals surface area contributed by atoms with Gasteiger partial charge in [-0.1, -0.05) is 66.7 Å². The number of pyridine rings is 1. The first kappa shape index (κ1) is 32.0. The van der Waals surface area contributed by atoms with E-state index in [-0.39, 0.29) is 56.7 Å². The largest absolute Gasteiger partial charge is 0.508 e. The maximum absolute atomic E-state index is 14.3. The Kier molecular flexibility index (Phi) is 9.45. The molecule has 0 aliphatic carbocycles. The first-order valence-electron chi connectivity index (χ1n) is 15.7. The molecule has 11 nitrogen and oxygen atoms in total. The number of nitrogens with one attached hydrogen (secondary N) is 1. The first-order valence-corrected chi connectivity index (χ1v) is 15.7. The van der Waals surface area contributed by atoms with Crippen LogP contribution in [-0.2, 0) is 29.1 Å². The van der Waals surface area contributed by atoms with Gasteiger partial charge in [0.1, 0.15) is 18.0 Å². The second-order valence-corrected chi connectivity index (χ2v) is 11.7. The van der Waals surface area contributed by atoms with E-state index in [1.54, 1.807) is 58.4 Å². The highest BCUT2D eigenvalue weighted by molar-refractivity contribution is 5.91. The summed E-state index contributed by atoms with van der Waals surface area (Å²) in [6.07, 6.45) is 1.02. The number of amides is 4. The number of phenolic OH excluding ortho intramolecular Hbond substituents is 1. The van der Waals surface area contributed by atoms with Crippen LogP contribution >= 0.6 is 0 Å². The normalized spacial score (nSPS) is 17.9. The molecule has 2 aliphatic rings. The Morgan fingerprint density at radius 2 is 1.77 bits per heavy atom. The molecule has 2 saturated heterocycles. The van der Waals surface area contributed by atoms with Crippen LogP contribution in [0.5, 0.6) is 5.75 Å². The SMILES string of the molecule is C=CCN1CC(=O)N2C(Cc3ccc(O)cc3)C(=O)N(Cc3cccc(-c4cccc(C#N)c4)n3)CC2N1C(=O)NCc1ccccc1. The fourth-order valence-electron chi connectivity index (χ4n) is 6.23. The standard InChI is InChI=1S/C37H35N7O4/c1-2-18-42-25-35(46)43-33(20-26-14-16-31(45)17-15-26)36(47)41(24-34(43)44(42)37(48)39-22-27-8-4-3-5-9-27)23-30-12-7-13-32(40-30)29-11-6-10-28(19-29)21-38/h2-17,19,33-34,45H,1,18,20,22-25H2,(H,39,48). The quantitative estimate of drug-likeness (QED) is 0.264. The molecule has 2 unspecified atom stereocenters. The maximum atomic E-state index is 14.3. The molecule has 2 N–H and O–H groups in total. The summed E-state index contributed by atoms with van der Waals surface area (Å²) >= 11 is 0. The molecule has 242 valence electrons. The Morgan fingerprint density at radius 1 is 1.00 bits per heavy atom. The minimum Gasteiger partial charge on any atom is -0.508 e. The number of rotatable bonds is 9. The Bertz CT molecular complexity index is 1860. The van der Waals surface area contributed by atoms with Crippen molar-refractivity contribution in [3.63, 3.8) is 0 Å². The molecule has 3 heterocycles. The maximum Gasteiger partial charge on any atom is 0.334 e. The van der Waals surface area contributed by atoms with E-state index in [0.717, 1.165) is 16.7 Å². The predicted octanol–water partition coefficient (Wildman–Crippen LogP) is 4.06. The number of aromatic nitrogens is 1. The average Bonchev–Trinajstić information content (AvgIpc) is 3.10. The van der Waals surface area contributed by atoms with E-state index in [0.29, 0.717) is 17.0 Å². The fourth-order valence-corrected chi connectivity index (χ4v) is 6.23. The molecule has 1 aromatic heterocycles. The third-order valence-corrected chi connectivity index (χ3v) is 8.48. The lowest BCUT2D eigenvalue weighted by atomic mass is 9.98. The third kappa shape index (κ3) is 6.89. The number of nitrogens with zero attached hydrogens (tertiary/aromatic N) is 6. The van der Waals surface area contributed by atoms with Crippen molar-refractivity contribution in [2.75, 3.05) is 19.6 Å². The highest BCUT2D eigenvalue weighted by Crippen LogP contribution is 2.30. The van der Waals surface area contributed by atoms with Crippen LogP contribution in [0, 0.1) is 11.3 Å². The molecule has 2 aliphatic heterocycles. The number of nitriles is 1. The molecule has 6 rings (SSSR count). The molecular formula is C37H35N7O4. The number of piperazine rings is 1. The van der Waals surface area contributed by atoms with Crippen molar-refractivity contribution < 1.29 is 19.5 Å². The second kappa shape index (κ2) is 14.2. The lowest BCUT2D eigenvalue weighted by Crippen LogP contribution is -2.76. The van der Waals surface area contributed by atoms with Gasteiger partial charge in [0.25, 0.3) is 0 Å². The Morgan fingerprint density at radius 3 is 2.52 bits per heavy atom. The highest BCUT2D eigenvalue weighted by Gasteiger charge is 2.51. The van der Waals surface area contributed by atoms with E-state index < -0.39 is 18.2 Å². The Hall–Kier alpha value is -5.99. The van der Waals surface area contributed by atoms with Crippen molar-refractivity contribution in [3.05, 3.63) is 132 Å². The van der Waals surface area contributed by atoms with Gasteiger partial charge >= 0.3 is 6.03 Å². The molecule has 0 saturated carbocycles. The molecule has 4 amide bonds. The van der Waals surface area contributed by atoms with Crippen LogP contribution in [0.25, 0.3) is 11.3 Å². The van der Waals surface area contributed by atoms with Crippen LogP contribution in [0.3, 0.4) is 0 Å². The van der Waals surface area contributed by atoms with Gasteiger partial charge in [0.05, 0.1) is 42.7 Å². The topological polar surface area (TPSA) is 133 Å². The van der Waals surface area contributed by atoms with Gasteiger partial charge < -0.3 is 20.2 Å². The summed E-state index contributed by atoms with van der Waals surface area (Å²) in [7, 11) is 0. The van der Waals surface area contributed by atoms with Gasteiger partial charge in [-0.15, -0.1) is 6.58 Å². The van der Waals surface area contributed by atoms with Crippen LogP contribution in [0.2, 0.25) is 0 Å². The number of carbonyl (C=O) groups excluding carboxylic acids is 3. The van der Waals surface area contributed by atoms with Crippen molar-refractivity contribution in [1.82, 2.24) is 30.1 Å². The molecular weight excluding hydrogens is 606 g/mol. The van der Waals surface area contributed by atoms with Gasteiger partial charge in [-0.3, -0.25) is 14.6 Å². The fraction of sp³-hybridized carbons (Fsp3) is 0.216. The zero-order valence-corrected chi connectivity index (χ0v) is 26.3. The van der Waals surface area contributed by atoms with Gasteiger partial charge in [-0.2, -0.15) is 5.26 Å². The van der Waals surface area contributed by atoms with Crippen molar-refractivity contribution in [3.8, 4) is 23.1 Å². The monoisotopic (exact) mass is 641 g/mol. The third-order valence-electron chi connectivity index (χ3n) is 8.48. The summed E-state index contributed by atoms with van der Waals surface area (Å²) in [4.78, 5) is 50.1. The molecule has 2 fully saturated rings. The van der Waals surface area contributed by atoms with Crippen LogP contribution in [0.4, 0.5) is 4.79 Å². The van der Waals surface area contributed by atoms with Crippen LogP contribution in [-0.4, -0.2) is 79.6 Å². The summed E-state index contributed by atoms with van der Waals surface area (Å²) in [6, 6.07) is 29.6. The zero-order chi connectivity index (χ0) is 33.6. The van der Waals surface area contributed by atoms with Crippen molar-refractivity contribution in [2.45, 2.75) is 31.7 Å². The number of urea groups is 1. The average molecular weight is 642 g/mol. The minimum absolute atomic E-state index is 0.0544. The van der Waals surface area contributed by atoms with E-state index in [9.17, 15) is 24.8 Å². The summed E-state index contributed by atoms with van der Waals surface area (Å²) in [6.45, 7) is 4.45. The highest BCUT2D eigenvalue weighted by atomic mass is 16.3. The van der Waals surface area contributed by atoms with E-state index in [1.165, 1.54) is 9.91 Å². The molecule has 11 heteroatoms. The zero-order valence-electron chi connectivity index (χ0n) is 26.3. The van der Waals surface area contributed by atoms with E-state index in [2.05, 4.69) is 18.0 Å². The molecule has 4 aromatic rings. The number of benzene rings is 3. The Balaban J connectivity index is 1.34. The van der Waals surface area contributed by atoms with Crippen molar-refractivity contribution in [2.24, 2.45) is 0 Å². The summed E-state index contributed by atoms with van der Waals surface area (Å²) < 4.78 is 0. The van der Waals surface area contributed by atoms with Crippen LogP contribution in [0.15, 0.2) is 110 Å². The minimum atomic E-state index is -0.911. The molecule has 0 spiro atoms. The number of hydrazine groups is 1. The first-order chi connectivity index (χ1) is 23.3. The van der Waals surface area contributed by atoms with E-state index >= 15 is 0 Å². The number of carbonyl (C=O) groups is 3. The van der Waals surface area contributed by atoms with Gasteiger partial charge in [-0.05, 0) is 47.5 Å². The number of phenols is 1. The van der Waals surface area contributed by atoms with Gasteiger partial charge in [0.2, 0.25) is 11.8 Å². The summed E-state index contributed by atoms with van der Waals surface area (Å²) in [5.41, 5.74) is 4.23. The molecule has 0 radical (unpaired) electrons. The van der Waals surface area contributed by atoms with Gasteiger partial charge in [-0.25, -0.2) is 14.8 Å². The number of hydrogen-bond donors (Lipinski definition) is 2. The molecule has 48 heavy (non-hydrogen) atoms. The van der Waals surface area contributed by atoms with Crippen molar-refractivity contribution >= 4 is 17.8 Å². The number of aromatic hydroxyl groups is 1. The molecule has 0 bridgehead atoms. The van der Waals surface area contributed by atoms with Gasteiger partial charge in [0, 0.05) is 25.1 Å². The van der Waals surface area contributed by atoms with E-state index in [4.69, 9.17) is 4.98 Å². The van der Waals surface area contributed by atoms with Crippen molar-refractivity contribution in [1.29, 1.82) is 5.26 Å². The predicted molar refractivity (Wildman–Crippen MR) is 178 cm³/mol. The molecule has 2 atom stereocenters. The van der Waals surface area contributed by atoms with E-state index in [1.807, 2.05) is 54.6 Å². The lowest BCUT2D eigenvalue weighted by Gasteiger charge is -2.55. The van der Waals surface area contributed by atoms with Gasteiger partial charge in [0.15, 0.2) is 0 Å². The van der Waals surface area contributed by atoms with Crippen LogP contribution < -0.4 is 5.32 Å². The summed E-state index contributed by atoms with van der Waals surface area (Å²) in [5.74, 6) is -0.453. The second-order valence-electron chi connectivity index (χ2n) is 11.7.